The first-order valence-electron chi connectivity index (χ1n) is 9.72. The number of benzene rings is 2. The monoisotopic (exact) mass is 450 g/mol. The maximum atomic E-state index is 12.9. The zero-order valence-corrected chi connectivity index (χ0v) is 17.9. The topological polar surface area (TPSA) is 99.2 Å². The van der Waals surface area contributed by atoms with E-state index in [0.29, 0.717) is 28.7 Å². The van der Waals surface area contributed by atoms with Crippen molar-refractivity contribution in [2.75, 3.05) is 7.11 Å². The minimum Gasteiger partial charge on any atom is -0.497 e. The standard InChI is InChI=1S/C23H19ClN4O4/c1-31-18-5-2-4-15(12-18)13-25-20(29)14-28-11-3-6-19(23(28)30)22-26-21(27-32-22)16-7-9-17(24)10-8-16/h2-12H,13-14H2,1H3,(H,25,29). The molecule has 2 aromatic heterocycles. The highest BCUT2D eigenvalue weighted by Crippen LogP contribution is 2.21. The molecule has 0 fully saturated rings. The molecule has 4 aromatic rings. The summed E-state index contributed by atoms with van der Waals surface area (Å²) in [4.78, 5) is 29.6. The maximum Gasteiger partial charge on any atom is 0.263 e. The van der Waals surface area contributed by atoms with Gasteiger partial charge in [-0.3, -0.25) is 9.59 Å². The minimum atomic E-state index is -0.407. The van der Waals surface area contributed by atoms with Gasteiger partial charge in [-0.1, -0.05) is 28.9 Å². The van der Waals surface area contributed by atoms with Gasteiger partial charge in [0.25, 0.3) is 11.4 Å². The lowest BCUT2D eigenvalue weighted by Crippen LogP contribution is -2.32. The van der Waals surface area contributed by atoms with E-state index in [0.717, 1.165) is 5.56 Å². The smallest absolute Gasteiger partial charge is 0.263 e. The van der Waals surface area contributed by atoms with Crippen molar-refractivity contribution in [2.45, 2.75) is 13.1 Å². The van der Waals surface area contributed by atoms with Gasteiger partial charge >= 0.3 is 0 Å². The Bertz CT molecular complexity index is 1300. The third-order valence-electron chi connectivity index (χ3n) is 4.72. The lowest BCUT2D eigenvalue weighted by molar-refractivity contribution is -0.121. The summed E-state index contributed by atoms with van der Waals surface area (Å²) < 4.78 is 11.8. The first-order chi connectivity index (χ1) is 15.5. The van der Waals surface area contributed by atoms with Crippen LogP contribution in [0.15, 0.2) is 76.2 Å². The molecule has 162 valence electrons. The molecular formula is C23H19ClN4O4. The molecule has 0 bridgehead atoms. The summed E-state index contributed by atoms with van der Waals surface area (Å²) in [5.41, 5.74) is 1.40. The van der Waals surface area contributed by atoms with E-state index in [9.17, 15) is 9.59 Å². The highest BCUT2D eigenvalue weighted by Gasteiger charge is 2.16. The molecule has 8 nitrogen and oxygen atoms in total. The number of nitrogens with one attached hydrogen (secondary N) is 1. The summed E-state index contributed by atoms with van der Waals surface area (Å²) in [5.74, 6) is 0.811. The van der Waals surface area contributed by atoms with Gasteiger partial charge in [-0.25, -0.2) is 0 Å². The number of rotatable bonds is 7. The fraction of sp³-hybridized carbons (Fsp3) is 0.130. The van der Waals surface area contributed by atoms with Gasteiger partial charge in [0.2, 0.25) is 11.7 Å². The number of halogens is 1. The molecule has 0 saturated heterocycles. The number of methoxy groups -OCH3 is 1. The van der Waals surface area contributed by atoms with Crippen LogP contribution in [0.3, 0.4) is 0 Å². The molecule has 2 aromatic carbocycles. The summed E-state index contributed by atoms with van der Waals surface area (Å²) in [6.45, 7) is 0.174. The number of nitrogens with zero attached hydrogens (tertiary/aromatic N) is 3. The summed E-state index contributed by atoms with van der Waals surface area (Å²) in [6.07, 6.45) is 1.54. The van der Waals surface area contributed by atoms with Gasteiger partial charge < -0.3 is 19.1 Å². The van der Waals surface area contributed by atoms with Gasteiger partial charge in [0.05, 0.1) is 7.11 Å². The fourth-order valence-corrected chi connectivity index (χ4v) is 3.19. The number of hydrogen-bond donors (Lipinski definition) is 1. The van der Waals surface area contributed by atoms with Crippen molar-refractivity contribution in [1.82, 2.24) is 20.0 Å². The van der Waals surface area contributed by atoms with Crippen molar-refractivity contribution >= 4 is 17.5 Å². The van der Waals surface area contributed by atoms with Gasteiger partial charge in [0.1, 0.15) is 17.9 Å². The van der Waals surface area contributed by atoms with Gasteiger partial charge in [-0.05, 0) is 54.1 Å². The zero-order valence-electron chi connectivity index (χ0n) is 17.1. The van der Waals surface area contributed by atoms with Crippen molar-refractivity contribution in [3.8, 4) is 28.6 Å². The van der Waals surface area contributed by atoms with E-state index < -0.39 is 5.56 Å². The quantitative estimate of drug-likeness (QED) is 0.462. The summed E-state index contributed by atoms with van der Waals surface area (Å²) in [6, 6.07) is 17.6. The second-order valence-corrected chi connectivity index (χ2v) is 7.35. The van der Waals surface area contributed by atoms with Gasteiger partial charge in [0.15, 0.2) is 0 Å². The molecule has 1 amide bonds. The molecule has 0 saturated carbocycles. The molecule has 32 heavy (non-hydrogen) atoms. The molecule has 0 unspecified atom stereocenters. The second kappa shape index (κ2) is 9.49. The van der Waals surface area contributed by atoms with E-state index in [-0.39, 0.29) is 23.9 Å². The molecule has 0 spiro atoms. The zero-order chi connectivity index (χ0) is 22.5. The van der Waals surface area contributed by atoms with Crippen LogP contribution in [-0.2, 0) is 17.9 Å². The number of amides is 1. The van der Waals surface area contributed by atoms with Crippen LogP contribution in [0.25, 0.3) is 22.8 Å². The van der Waals surface area contributed by atoms with Crippen LogP contribution >= 0.6 is 11.6 Å². The van der Waals surface area contributed by atoms with E-state index in [4.69, 9.17) is 20.9 Å². The molecule has 0 aliphatic carbocycles. The maximum absolute atomic E-state index is 12.9. The highest BCUT2D eigenvalue weighted by atomic mass is 35.5. The third kappa shape index (κ3) is 4.87. The Morgan fingerprint density at radius 2 is 1.97 bits per heavy atom. The van der Waals surface area contributed by atoms with E-state index in [1.165, 1.54) is 10.8 Å². The Kier molecular flexibility index (Phi) is 6.32. The van der Waals surface area contributed by atoms with Gasteiger partial charge in [-0.15, -0.1) is 0 Å². The Morgan fingerprint density at radius 1 is 1.16 bits per heavy atom. The molecule has 4 rings (SSSR count). The molecular weight excluding hydrogens is 432 g/mol. The van der Waals surface area contributed by atoms with Crippen LogP contribution in [0.5, 0.6) is 5.75 Å². The van der Waals surface area contributed by atoms with Crippen molar-refractivity contribution in [2.24, 2.45) is 0 Å². The number of carbonyl (C=O) groups is 1. The summed E-state index contributed by atoms with van der Waals surface area (Å²) in [5, 5.41) is 7.32. The van der Waals surface area contributed by atoms with E-state index in [1.54, 1.807) is 43.5 Å². The SMILES string of the molecule is COc1cccc(CNC(=O)Cn2cccc(-c3nc(-c4ccc(Cl)cc4)no3)c2=O)c1. The first kappa shape index (κ1) is 21.3. The normalized spacial score (nSPS) is 10.7. The van der Waals surface area contributed by atoms with Crippen LogP contribution in [0.1, 0.15) is 5.56 Å². The number of pyridine rings is 1. The summed E-state index contributed by atoms with van der Waals surface area (Å²) in [7, 11) is 1.58. The van der Waals surface area contributed by atoms with Crippen molar-refractivity contribution in [3.05, 3.63) is 87.8 Å². The molecule has 0 atom stereocenters. The van der Waals surface area contributed by atoms with Crippen LogP contribution in [0.4, 0.5) is 0 Å². The summed E-state index contributed by atoms with van der Waals surface area (Å²) >= 11 is 5.90. The second-order valence-electron chi connectivity index (χ2n) is 6.91. The van der Waals surface area contributed by atoms with Gasteiger partial charge in [-0.2, -0.15) is 4.98 Å². The van der Waals surface area contributed by atoms with Crippen molar-refractivity contribution in [3.63, 3.8) is 0 Å². The van der Waals surface area contributed by atoms with Gasteiger partial charge in [0, 0.05) is 23.3 Å². The van der Waals surface area contributed by atoms with E-state index in [2.05, 4.69) is 15.5 Å². The lowest BCUT2D eigenvalue weighted by Gasteiger charge is -2.09. The van der Waals surface area contributed by atoms with Crippen molar-refractivity contribution in [1.29, 1.82) is 0 Å². The number of ether oxygens (including phenoxy) is 1. The van der Waals surface area contributed by atoms with Crippen LogP contribution < -0.4 is 15.6 Å². The predicted molar refractivity (Wildman–Crippen MR) is 119 cm³/mol. The van der Waals surface area contributed by atoms with Crippen LogP contribution in [0, 0.1) is 0 Å². The number of hydrogen-bond acceptors (Lipinski definition) is 6. The average Bonchev–Trinajstić information content (AvgIpc) is 3.30. The Hall–Kier alpha value is -3.91. The molecule has 1 N–H and O–H groups in total. The molecule has 0 aliphatic rings. The predicted octanol–water partition coefficient (Wildman–Crippen LogP) is 3.54. The Labute approximate surface area is 188 Å². The number of aromatic nitrogens is 3. The fourth-order valence-electron chi connectivity index (χ4n) is 3.07. The largest absolute Gasteiger partial charge is 0.497 e. The average molecular weight is 451 g/mol. The Balaban J connectivity index is 1.47. The van der Waals surface area contributed by atoms with E-state index in [1.807, 2.05) is 24.3 Å². The van der Waals surface area contributed by atoms with Crippen molar-refractivity contribution < 1.29 is 14.1 Å². The minimum absolute atomic E-state index is 0.0751. The van der Waals surface area contributed by atoms with Crippen LogP contribution in [-0.4, -0.2) is 27.7 Å². The third-order valence-corrected chi connectivity index (χ3v) is 4.97. The molecule has 0 radical (unpaired) electrons. The molecule has 9 heteroatoms. The lowest BCUT2D eigenvalue weighted by atomic mass is 10.2. The first-order valence-corrected chi connectivity index (χ1v) is 10.1. The molecule has 0 aliphatic heterocycles. The Morgan fingerprint density at radius 3 is 2.75 bits per heavy atom. The number of carbonyl (C=O) groups excluding carboxylic acids is 1. The highest BCUT2D eigenvalue weighted by molar-refractivity contribution is 6.30. The van der Waals surface area contributed by atoms with Crippen LogP contribution in [0.2, 0.25) is 5.02 Å². The van der Waals surface area contributed by atoms with E-state index >= 15 is 0 Å². The molecule has 2 heterocycles.